The Bertz CT molecular complexity index is 136. The fraction of sp³-hybridized carbons (Fsp3) is 1.00. The molecule has 0 aromatic rings. The first-order valence-electron chi connectivity index (χ1n) is 2.94. The number of halogens is 4. The fourth-order valence-corrected chi connectivity index (χ4v) is 0.786. The van der Waals surface area contributed by atoms with Gasteiger partial charge in [-0.1, -0.05) is 11.6 Å². The molecule has 0 spiro atoms. The summed E-state index contributed by atoms with van der Waals surface area (Å²) in [4.78, 5) is 0. The maximum atomic E-state index is 12.5. The first-order valence-corrected chi connectivity index (χ1v) is 3.38. The van der Waals surface area contributed by atoms with Crippen LogP contribution in [0.4, 0.5) is 13.2 Å². The van der Waals surface area contributed by atoms with E-state index in [1.807, 2.05) is 0 Å². The molecule has 11 heavy (non-hydrogen) atoms. The Morgan fingerprint density at radius 1 is 1.36 bits per heavy atom. The van der Waals surface area contributed by atoms with Crippen molar-refractivity contribution >= 4 is 11.6 Å². The minimum atomic E-state index is -3.77. The summed E-state index contributed by atoms with van der Waals surface area (Å²) in [6, 6.07) is 0. The van der Waals surface area contributed by atoms with E-state index in [4.69, 9.17) is 0 Å². The van der Waals surface area contributed by atoms with Crippen LogP contribution in [0.25, 0.3) is 0 Å². The van der Waals surface area contributed by atoms with Crippen molar-refractivity contribution in [3.63, 3.8) is 0 Å². The summed E-state index contributed by atoms with van der Waals surface area (Å²) >= 11 is 4.57. The van der Waals surface area contributed by atoms with Gasteiger partial charge in [-0.15, -0.1) is 0 Å². The molecule has 0 radical (unpaired) electrons. The summed E-state index contributed by atoms with van der Waals surface area (Å²) in [7, 11) is 0. The van der Waals surface area contributed by atoms with Crippen molar-refractivity contribution in [1.82, 2.24) is 0 Å². The van der Waals surface area contributed by atoms with Crippen LogP contribution >= 0.6 is 11.6 Å². The molecule has 1 atom stereocenters. The molecule has 0 aliphatic carbocycles. The Morgan fingerprint density at radius 3 is 2.18 bits per heavy atom. The van der Waals surface area contributed by atoms with Gasteiger partial charge in [-0.2, -0.15) is 8.78 Å². The highest BCUT2D eigenvalue weighted by molar-refractivity contribution is 6.20. The second-order valence-electron chi connectivity index (χ2n) is 2.05. The van der Waals surface area contributed by atoms with Crippen molar-refractivity contribution < 1.29 is 22.6 Å². The molecule has 2 nitrogen and oxygen atoms in total. The molecule has 6 heteroatoms. The number of alkyl halides is 4. The van der Waals surface area contributed by atoms with Crippen molar-refractivity contribution in [2.75, 3.05) is 13.2 Å². The van der Waals surface area contributed by atoms with Gasteiger partial charge in [0.25, 0.3) is 0 Å². The lowest BCUT2D eigenvalue weighted by Gasteiger charge is -2.20. The van der Waals surface area contributed by atoms with Crippen LogP contribution in [0.3, 0.4) is 0 Å². The first-order chi connectivity index (χ1) is 5.05. The molecule has 1 fully saturated rings. The molecule has 1 heterocycles. The van der Waals surface area contributed by atoms with Gasteiger partial charge in [0.05, 0.1) is 13.2 Å². The highest BCUT2D eigenvalue weighted by Crippen LogP contribution is 2.32. The number of hydrogen-bond donors (Lipinski definition) is 0. The average molecular weight is 191 g/mol. The lowest BCUT2D eigenvalue weighted by Crippen LogP contribution is -2.40. The van der Waals surface area contributed by atoms with Gasteiger partial charge in [0, 0.05) is 0 Å². The fourth-order valence-electron chi connectivity index (χ4n) is 0.683. The molecule has 0 saturated carbocycles. The quantitative estimate of drug-likeness (QED) is 0.615. The van der Waals surface area contributed by atoms with Crippen LogP contribution in [-0.4, -0.2) is 31.1 Å². The third-order valence-corrected chi connectivity index (χ3v) is 1.52. The maximum Gasteiger partial charge on any atom is 0.341 e. The zero-order valence-corrected chi connectivity index (χ0v) is 6.15. The molecule has 1 aliphatic heterocycles. The standard InChI is InChI=1S/C5H6ClF3O2/c6-3(7)5(8,9)4-10-1-2-11-4/h3-4H,1-2H2. The van der Waals surface area contributed by atoms with Gasteiger partial charge in [0.15, 0.2) is 0 Å². The summed E-state index contributed by atoms with van der Waals surface area (Å²) in [6.45, 7) is 0.0910. The predicted octanol–water partition coefficient (Wildman–Crippen LogP) is 1.53. The first kappa shape index (κ1) is 9.09. The predicted molar refractivity (Wildman–Crippen MR) is 31.4 cm³/mol. The van der Waals surface area contributed by atoms with Crippen molar-refractivity contribution in [2.24, 2.45) is 0 Å². The van der Waals surface area contributed by atoms with Crippen molar-refractivity contribution in [2.45, 2.75) is 17.8 Å². The van der Waals surface area contributed by atoms with Gasteiger partial charge in [0.2, 0.25) is 11.9 Å². The van der Waals surface area contributed by atoms with Gasteiger partial charge in [0.1, 0.15) is 0 Å². The van der Waals surface area contributed by atoms with Gasteiger partial charge in [-0.3, -0.25) is 0 Å². The average Bonchev–Trinajstić information content (AvgIpc) is 2.37. The maximum absolute atomic E-state index is 12.5. The number of rotatable bonds is 2. The Balaban J connectivity index is 2.55. The molecule has 0 aromatic carbocycles. The molecule has 1 rings (SSSR count). The van der Waals surface area contributed by atoms with E-state index in [1.165, 1.54) is 0 Å². The van der Waals surface area contributed by atoms with Gasteiger partial charge in [-0.05, 0) is 0 Å². The molecule has 0 amide bonds. The minimum Gasteiger partial charge on any atom is -0.345 e. The summed E-state index contributed by atoms with van der Waals surface area (Å²) in [5.41, 5.74) is -2.77. The van der Waals surface area contributed by atoms with E-state index in [9.17, 15) is 13.2 Å². The van der Waals surface area contributed by atoms with E-state index in [0.29, 0.717) is 0 Å². The van der Waals surface area contributed by atoms with E-state index in [-0.39, 0.29) is 13.2 Å². The highest BCUT2D eigenvalue weighted by atomic mass is 35.5. The minimum absolute atomic E-state index is 0.0455. The van der Waals surface area contributed by atoms with Crippen LogP contribution in [0, 0.1) is 0 Å². The summed E-state index contributed by atoms with van der Waals surface area (Å²) < 4.78 is 45.7. The third kappa shape index (κ3) is 1.77. The van der Waals surface area contributed by atoms with Crippen molar-refractivity contribution in [3.05, 3.63) is 0 Å². The smallest absolute Gasteiger partial charge is 0.341 e. The van der Waals surface area contributed by atoms with Gasteiger partial charge < -0.3 is 9.47 Å². The van der Waals surface area contributed by atoms with E-state index < -0.39 is 17.8 Å². The summed E-state index contributed by atoms with van der Waals surface area (Å²) in [5.74, 6) is -3.77. The normalized spacial score (nSPS) is 24.0. The van der Waals surface area contributed by atoms with Crippen LogP contribution in [0.2, 0.25) is 0 Å². The monoisotopic (exact) mass is 190 g/mol. The van der Waals surface area contributed by atoms with Crippen LogP contribution in [0.5, 0.6) is 0 Å². The summed E-state index contributed by atoms with van der Waals surface area (Å²) in [6.07, 6.45) is -1.84. The molecule has 66 valence electrons. The van der Waals surface area contributed by atoms with Gasteiger partial charge >= 0.3 is 5.92 Å². The van der Waals surface area contributed by atoms with Gasteiger partial charge in [-0.25, -0.2) is 4.39 Å². The lowest BCUT2D eigenvalue weighted by atomic mass is 10.3. The number of ether oxygens (including phenoxy) is 2. The molecule has 0 bridgehead atoms. The van der Waals surface area contributed by atoms with Crippen LogP contribution in [0.1, 0.15) is 0 Å². The second kappa shape index (κ2) is 3.16. The SMILES string of the molecule is FC(Cl)C(F)(F)C1OCCO1. The van der Waals surface area contributed by atoms with E-state index >= 15 is 0 Å². The Labute approximate surface area is 66.2 Å². The molecular weight excluding hydrogens is 184 g/mol. The highest BCUT2D eigenvalue weighted by Gasteiger charge is 2.50. The molecule has 0 N–H and O–H groups in total. The Morgan fingerprint density at radius 2 is 1.82 bits per heavy atom. The largest absolute Gasteiger partial charge is 0.345 e. The van der Waals surface area contributed by atoms with E-state index in [0.717, 1.165) is 0 Å². The van der Waals surface area contributed by atoms with Crippen molar-refractivity contribution in [1.29, 1.82) is 0 Å². The van der Waals surface area contributed by atoms with Crippen molar-refractivity contribution in [3.8, 4) is 0 Å². The zero-order chi connectivity index (χ0) is 8.48. The van der Waals surface area contributed by atoms with E-state index in [2.05, 4.69) is 21.1 Å². The Kier molecular flexibility index (Phi) is 2.61. The van der Waals surface area contributed by atoms with Crippen LogP contribution < -0.4 is 0 Å². The lowest BCUT2D eigenvalue weighted by molar-refractivity contribution is -0.218. The zero-order valence-electron chi connectivity index (χ0n) is 5.40. The van der Waals surface area contributed by atoms with Crippen LogP contribution in [-0.2, 0) is 9.47 Å². The van der Waals surface area contributed by atoms with Crippen LogP contribution in [0.15, 0.2) is 0 Å². The van der Waals surface area contributed by atoms with E-state index in [1.54, 1.807) is 0 Å². The third-order valence-electron chi connectivity index (χ3n) is 1.23. The molecule has 1 unspecified atom stereocenters. The Hall–Kier alpha value is -0.0000000000000000416. The molecular formula is C5H6ClF3O2. The number of hydrogen-bond acceptors (Lipinski definition) is 2. The topological polar surface area (TPSA) is 18.5 Å². The summed E-state index contributed by atoms with van der Waals surface area (Å²) in [5, 5.41) is 0. The molecule has 1 saturated heterocycles. The molecule has 0 aromatic heterocycles. The second-order valence-corrected chi connectivity index (χ2v) is 2.43. The molecule has 1 aliphatic rings.